The predicted molar refractivity (Wildman–Crippen MR) is 118 cm³/mol. The van der Waals surface area contributed by atoms with Gasteiger partial charge in [-0.25, -0.2) is 0 Å². The Morgan fingerprint density at radius 3 is 1.93 bits per heavy atom. The number of allylic oxidation sites excluding steroid dienone is 1. The highest BCUT2D eigenvalue weighted by Crippen LogP contribution is 2.76. The monoisotopic (exact) mass is 414 g/mol. The Labute approximate surface area is 169 Å². The van der Waals surface area contributed by atoms with Crippen molar-refractivity contribution in [1.82, 2.24) is 0 Å². The second-order valence-electron chi connectivity index (χ2n) is 11.6. The maximum Gasteiger partial charge on any atom is 0.190 e. The Morgan fingerprint density at radius 1 is 0.926 bits per heavy atom. The first-order valence-corrected chi connectivity index (χ1v) is 13.3. The molecule has 5 atom stereocenters. The summed E-state index contributed by atoms with van der Waals surface area (Å²) in [6.07, 6.45) is 3.86. The van der Waals surface area contributed by atoms with Gasteiger partial charge in [0, 0.05) is 12.8 Å². The summed E-state index contributed by atoms with van der Waals surface area (Å²) in [7, 11) is -0.820. The van der Waals surface area contributed by atoms with Crippen molar-refractivity contribution in [3.63, 3.8) is 0 Å². The maximum absolute atomic E-state index is 6.57. The lowest BCUT2D eigenvalue weighted by molar-refractivity contribution is -0.448. The van der Waals surface area contributed by atoms with Crippen LogP contribution in [0.25, 0.3) is 0 Å². The van der Waals surface area contributed by atoms with E-state index in [2.05, 4.69) is 75.8 Å². The molecule has 0 aromatic heterocycles. The number of ether oxygens (including phenoxy) is 3. The van der Waals surface area contributed by atoms with Crippen LogP contribution in [0.15, 0.2) is 12.2 Å². The molecule has 4 bridgehead atoms. The molecule has 0 aromatic carbocycles. The van der Waals surface area contributed by atoms with E-state index in [9.17, 15) is 0 Å². The zero-order chi connectivity index (χ0) is 20.7. The van der Waals surface area contributed by atoms with Gasteiger partial charge >= 0.3 is 0 Å². The van der Waals surface area contributed by atoms with Gasteiger partial charge in [0.05, 0.1) is 10.9 Å². The van der Waals surface area contributed by atoms with Crippen LogP contribution in [0.5, 0.6) is 0 Å². The van der Waals surface area contributed by atoms with Gasteiger partial charge in [0.25, 0.3) is 0 Å². The van der Waals surface area contributed by atoms with Crippen molar-refractivity contribution < 1.29 is 14.2 Å². The van der Waals surface area contributed by atoms with E-state index in [0.717, 1.165) is 25.2 Å². The predicted octanol–water partition coefficient (Wildman–Crippen LogP) is 6.84. The molecule has 5 heteroatoms. The van der Waals surface area contributed by atoms with Crippen LogP contribution in [0.3, 0.4) is 0 Å². The molecule has 0 aromatic rings. The Balaban J connectivity index is 1.81. The van der Waals surface area contributed by atoms with Crippen LogP contribution >= 0.6 is 15.8 Å². The van der Waals surface area contributed by atoms with Crippen LogP contribution in [-0.4, -0.2) is 44.9 Å². The normalized spacial score (nSPS) is 44.2. The standard InChI is InChI=1S/C22H40O3P2/c1-16(12-26(17(2,3)4)18(5,6)7)13-27-21(10)15-19(8)14-20(9,24-21)25-22(27,11)23-19/h1,12-15H2,2-11H3. The summed E-state index contributed by atoms with van der Waals surface area (Å²) >= 11 is 0. The lowest BCUT2D eigenvalue weighted by atomic mass is 9.85. The summed E-state index contributed by atoms with van der Waals surface area (Å²) in [6.45, 7) is 27.6. The molecule has 0 radical (unpaired) electrons. The third-order valence-electron chi connectivity index (χ3n) is 6.12. The smallest absolute Gasteiger partial charge is 0.190 e. The van der Waals surface area contributed by atoms with Gasteiger partial charge in [-0.15, -0.1) is 0 Å². The molecule has 0 aliphatic carbocycles. The van der Waals surface area contributed by atoms with Gasteiger partial charge in [0.1, 0.15) is 0 Å². The zero-order valence-corrected chi connectivity index (χ0v) is 20.9. The fraction of sp³-hybridized carbons (Fsp3) is 0.909. The highest BCUT2D eigenvalue weighted by atomic mass is 31.1. The lowest BCUT2D eigenvalue weighted by Crippen LogP contribution is -2.71. The molecule has 4 aliphatic rings. The highest BCUT2D eigenvalue weighted by molar-refractivity contribution is 7.62. The molecule has 4 fully saturated rings. The molecule has 5 unspecified atom stereocenters. The van der Waals surface area contributed by atoms with Crippen molar-refractivity contribution in [2.75, 3.05) is 12.3 Å². The molecule has 4 saturated heterocycles. The first-order chi connectivity index (χ1) is 11.9. The van der Waals surface area contributed by atoms with Gasteiger partial charge in [-0.3, -0.25) is 0 Å². The molecule has 0 N–H and O–H groups in total. The second-order valence-corrected chi connectivity index (χ2v) is 18.4. The van der Waals surface area contributed by atoms with Crippen LogP contribution in [0.2, 0.25) is 0 Å². The molecule has 156 valence electrons. The number of hydrogen-bond donors (Lipinski definition) is 0. The van der Waals surface area contributed by atoms with Gasteiger partial charge < -0.3 is 14.2 Å². The van der Waals surface area contributed by atoms with E-state index >= 15 is 0 Å². The van der Waals surface area contributed by atoms with Gasteiger partial charge in [0.15, 0.2) is 11.3 Å². The summed E-state index contributed by atoms with van der Waals surface area (Å²) in [5.41, 5.74) is 0.675. The molecule has 4 heterocycles. The third-order valence-corrected chi connectivity index (χ3v) is 13.4. The van der Waals surface area contributed by atoms with Gasteiger partial charge in [-0.2, -0.15) is 0 Å². The topological polar surface area (TPSA) is 27.7 Å². The van der Waals surface area contributed by atoms with Crippen molar-refractivity contribution >= 4 is 15.8 Å². The van der Waals surface area contributed by atoms with E-state index < -0.39 is 19.2 Å². The van der Waals surface area contributed by atoms with Gasteiger partial charge in [-0.1, -0.05) is 61.6 Å². The molecule has 0 saturated carbocycles. The Hall–Kier alpha value is 0.480. The van der Waals surface area contributed by atoms with E-state index in [4.69, 9.17) is 14.2 Å². The van der Waals surface area contributed by atoms with E-state index in [1.165, 1.54) is 5.57 Å². The Kier molecular flexibility index (Phi) is 5.13. The van der Waals surface area contributed by atoms with Gasteiger partial charge in [-0.05, 0) is 58.3 Å². The van der Waals surface area contributed by atoms with Crippen molar-refractivity contribution in [3.05, 3.63) is 12.2 Å². The maximum atomic E-state index is 6.57. The molecule has 4 aliphatic heterocycles. The van der Waals surface area contributed by atoms with Crippen LogP contribution in [-0.2, 0) is 14.2 Å². The minimum Gasteiger partial charge on any atom is -0.340 e. The molecular formula is C22H40O3P2. The van der Waals surface area contributed by atoms with Crippen LogP contribution in [0.1, 0.15) is 82.1 Å². The Morgan fingerprint density at radius 2 is 1.48 bits per heavy atom. The molecule has 27 heavy (non-hydrogen) atoms. The minimum absolute atomic E-state index is 0.141. The SMILES string of the molecule is C=C(CP(C(C)(C)C)C(C)(C)C)CP1C2(C)CC3(C)CC(C)(O2)OC1(C)O3. The van der Waals surface area contributed by atoms with Crippen molar-refractivity contribution in [2.45, 2.75) is 115 Å². The lowest BCUT2D eigenvalue weighted by Gasteiger charge is -2.69. The summed E-state index contributed by atoms with van der Waals surface area (Å²) in [6, 6.07) is 0. The largest absolute Gasteiger partial charge is 0.340 e. The van der Waals surface area contributed by atoms with Crippen molar-refractivity contribution in [1.29, 1.82) is 0 Å². The minimum atomic E-state index is -0.631. The summed E-state index contributed by atoms with van der Waals surface area (Å²) in [4.78, 5) is 0. The molecule has 4 rings (SSSR count). The van der Waals surface area contributed by atoms with E-state index in [-0.39, 0.29) is 18.9 Å². The fourth-order valence-corrected chi connectivity index (χ4v) is 13.2. The average molecular weight is 415 g/mol. The fourth-order valence-electron chi connectivity index (χ4n) is 5.96. The third kappa shape index (κ3) is 4.06. The van der Waals surface area contributed by atoms with Crippen LogP contribution in [0, 0.1) is 0 Å². The Bertz CT molecular complexity index is 572. The van der Waals surface area contributed by atoms with Crippen molar-refractivity contribution in [3.8, 4) is 0 Å². The second kappa shape index (κ2) is 6.24. The number of rotatable bonds is 4. The quantitative estimate of drug-likeness (QED) is 0.372. The molecule has 3 nitrogen and oxygen atoms in total. The first-order valence-electron chi connectivity index (χ1n) is 10.2. The van der Waals surface area contributed by atoms with E-state index in [1.807, 2.05) is 0 Å². The molecule has 0 spiro atoms. The first kappa shape index (κ1) is 22.2. The summed E-state index contributed by atoms with van der Waals surface area (Å²) in [5.74, 6) is -0.516. The van der Waals surface area contributed by atoms with Gasteiger partial charge in [0.2, 0.25) is 0 Å². The van der Waals surface area contributed by atoms with Crippen LogP contribution < -0.4 is 0 Å². The molecule has 0 amide bonds. The number of hydrogen-bond acceptors (Lipinski definition) is 3. The van der Waals surface area contributed by atoms with E-state index in [0.29, 0.717) is 10.3 Å². The van der Waals surface area contributed by atoms with Crippen molar-refractivity contribution in [2.24, 2.45) is 0 Å². The summed E-state index contributed by atoms with van der Waals surface area (Å²) < 4.78 is 19.6. The highest BCUT2D eigenvalue weighted by Gasteiger charge is 2.70. The molecular weight excluding hydrogens is 374 g/mol. The summed E-state index contributed by atoms with van der Waals surface area (Å²) in [5, 5.41) is 0.468. The van der Waals surface area contributed by atoms with Crippen LogP contribution in [0.4, 0.5) is 0 Å². The van der Waals surface area contributed by atoms with E-state index in [1.54, 1.807) is 0 Å². The zero-order valence-electron chi connectivity index (χ0n) is 19.2. The average Bonchev–Trinajstić information content (AvgIpc) is 2.33.